The maximum Gasteiger partial charge on any atom is 0.165 e. The molecule has 3 aromatic rings. The van der Waals surface area contributed by atoms with Gasteiger partial charge >= 0.3 is 0 Å². The first kappa shape index (κ1) is 16.1. The molecule has 0 saturated carbocycles. The molecule has 25 heavy (non-hydrogen) atoms. The molecule has 0 bridgehead atoms. The molecule has 2 heterocycles. The van der Waals surface area contributed by atoms with Crippen LogP contribution in [0.2, 0.25) is 0 Å². The van der Waals surface area contributed by atoms with Crippen molar-refractivity contribution in [3.05, 3.63) is 60.5 Å². The highest BCUT2D eigenvalue weighted by Gasteiger charge is 2.21. The molecule has 5 heteroatoms. The summed E-state index contributed by atoms with van der Waals surface area (Å²) in [6, 6.07) is 14.8. The summed E-state index contributed by atoms with van der Waals surface area (Å²) in [5.41, 5.74) is 1.04. The first-order valence-electron chi connectivity index (χ1n) is 8.84. The molecular formula is C20H22FN3O. The standard InChI is InChI=1S/C20H22FN3O/c21-18-6-2-4-8-20(18)25-17-9-11-23(12-10-17)13-14-24-15-16-5-1-3-7-19(16)22-24/h1-8,15,17H,9-14H2. The summed E-state index contributed by atoms with van der Waals surface area (Å²) in [4.78, 5) is 2.42. The molecular weight excluding hydrogens is 317 g/mol. The lowest BCUT2D eigenvalue weighted by atomic mass is 10.1. The summed E-state index contributed by atoms with van der Waals surface area (Å²) in [6.45, 7) is 3.80. The van der Waals surface area contributed by atoms with Crippen molar-refractivity contribution in [1.82, 2.24) is 14.7 Å². The Labute approximate surface area is 146 Å². The van der Waals surface area contributed by atoms with Crippen LogP contribution in [0.3, 0.4) is 0 Å². The Morgan fingerprint density at radius 3 is 2.56 bits per heavy atom. The Bertz CT molecular complexity index is 807. The molecule has 130 valence electrons. The Kier molecular flexibility index (Phi) is 4.65. The normalized spacial score (nSPS) is 16.4. The second-order valence-corrected chi connectivity index (χ2v) is 6.54. The van der Waals surface area contributed by atoms with Crippen molar-refractivity contribution in [2.24, 2.45) is 0 Å². The van der Waals surface area contributed by atoms with Gasteiger partial charge in [-0.25, -0.2) is 4.39 Å². The van der Waals surface area contributed by atoms with Crippen molar-refractivity contribution in [3.63, 3.8) is 0 Å². The zero-order chi connectivity index (χ0) is 17.1. The number of ether oxygens (including phenoxy) is 1. The zero-order valence-corrected chi connectivity index (χ0v) is 14.1. The number of hydrogen-bond donors (Lipinski definition) is 0. The van der Waals surface area contributed by atoms with Gasteiger partial charge in [-0.2, -0.15) is 5.10 Å². The Morgan fingerprint density at radius 1 is 1.00 bits per heavy atom. The number of nitrogens with zero attached hydrogens (tertiary/aromatic N) is 3. The van der Waals surface area contributed by atoms with E-state index in [0.717, 1.165) is 44.5 Å². The van der Waals surface area contributed by atoms with E-state index in [0.29, 0.717) is 5.75 Å². The van der Waals surface area contributed by atoms with E-state index < -0.39 is 0 Å². The van der Waals surface area contributed by atoms with Crippen LogP contribution in [0.25, 0.3) is 10.9 Å². The number of piperidine rings is 1. The van der Waals surface area contributed by atoms with Gasteiger partial charge in [-0.3, -0.25) is 4.68 Å². The van der Waals surface area contributed by atoms with Gasteiger partial charge in [0.1, 0.15) is 6.10 Å². The quantitative estimate of drug-likeness (QED) is 0.710. The van der Waals surface area contributed by atoms with Gasteiger partial charge in [0.25, 0.3) is 0 Å². The Morgan fingerprint density at radius 2 is 1.76 bits per heavy atom. The minimum absolute atomic E-state index is 0.0976. The zero-order valence-electron chi connectivity index (χ0n) is 14.1. The van der Waals surface area contributed by atoms with Crippen LogP contribution < -0.4 is 4.74 Å². The highest BCUT2D eigenvalue weighted by molar-refractivity contribution is 5.77. The van der Waals surface area contributed by atoms with E-state index in [1.807, 2.05) is 28.9 Å². The van der Waals surface area contributed by atoms with Crippen LogP contribution >= 0.6 is 0 Å². The lowest BCUT2D eigenvalue weighted by Gasteiger charge is -2.32. The molecule has 0 radical (unpaired) electrons. The number of benzene rings is 2. The van der Waals surface area contributed by atoms with Crippen molar-refractivity contribution >= 4 is 10.9 Å². The number of rotatable bonds is 5. The van der Waals surface area contributed by atoms with Gasteiger partial charge in [0.2, 0.25) is 0 Å². The molecule has 0 amide bonds. The van der Waals surface area contributed by atoms with Crippen LogP contribution in [0.4, 0.5) is 4.39 Å². The van der Waals surface area contributed by atoms with Gasteiger partial charge in [-0.1, -0.05) is 30.3 Å². The third kappa shape index (κ3) is 3.82. The molecule has 0 atom stereocenters. The fraction of sp³-hybridized carbons (Fsp3) is 0.350. The summed E-state index contributed by atoms with van der Waals surface area (Å²) < 4.78 is 21.5. The molecule has 1 fully saturated rings. The molecule has 4 nitrogen and oxygen atoms in total. The van der Waals surface area contributed by atoms with Gasteiger partial charge in [0, 0.05) is 31.2 Å². The average Bonchev–Trinajstić information content (AvgIpc) is 3.06. The van der Waals surface area contributed by atoms with Crippen molar-refractivity contribution in [3.8, 4) is 5.75 Å². The third-order valence-corrected chi connectivity index (χ3v) is 4.77. The topological polar surface area (TPSA) is 30.3 Å². The second-order valence-electron chi connectivity index (χ2n) is 6.54. The average molecular weight is 339 g/mol. The van der Waals surface area contributed by atoms with Crippen molar-refractivity contribution < 1.29 is 9.13 Å². The van der Waals surface area contributed by atoms with Gasteiger partial charge < -0.3 is 9.64 Å². The lowest BCUT2D eigenvalue weighted by Crippen LogP contribution is -2.39. The molecule has 1 saturated heterocycles. The van der Waals surface area contributed by atoms with E-state index in [-0.39, 0.29) is 11.9 Å². The molecule has 0 aliphatic carbocycles. The molecule has 1 aliphatic rings. The Hall–Kier alpha value is -2.40. The number of fused-ring (bicyclic) bond motifs is 1. The van der Waals surface area contributed by atoms with Crippen LogP contribution in [-0.4, -0.2) is 40.4 Å². The highest BCUT2D eigenvalue weighted by Crippen LogP contribution is 2.21. The molecule has 0 unspecified atom stereocenters. The number of halogens is 1. The van der Waals surface area contributed by atoms with Crippen LogP contribution in [0.5, 0.6) is 5.75 Å². The smallest absolute Gasteiger partial charge is 0.165 e. The number of aromatic nitrogens is 2. The summed E-state index contributed by atoms with van der Waals surface area (Å²) in [5.74, 6) is 0.0832. The second kappa shape index (κ2) is 7.23. The number of likely N-dealkylation sites (tertiary alicyclic amines) is 1. The molecule has 0 spiro atoms. The van der Waals surface area contributed by atoms with Gasteiger partial charge in [0.05, 0.1) is 12.1 Å². The van der Waals surface area contributed by atoms with Gasteiger partial charge in [-0.05, 0) is 31.0 Å². The van der Waals surface area contributed by atoms with Crippen LogP contribution in [-0.2, 0) is 6.54 Å². The molecule has 1 aromatic heterocycles. The maximum atomic E-state index is 13.7. The minimum atomic E-state index is -0.282. The Balaban J connectivity index is 1.27. The third-order valence-electron chi connectivity index (χ3n) is 4.77. The lowest BCUT2D eigenvalue weighted by molar-refractivity contribution is 0.0948. The number of para-hydroxylation sites is 1. The summed E-state index contributed by atoms with van der Waals surface area (Å²) >= 11 is 0. The molecule has 2 aromatic carbocycles. The largest absolute Gasteiger partial charge is 0.487 e. The van der Waals surface area contributed by atoms with Crippen LogP contribution in [0.1, 0.15) is 12.8 Å². The van der Waals surface area contributed by atoms with E-state index in [1.165, 1.54) is 11.5 Å². The summed E-state index contributed by atoms with van der Waals surface area (Å²) in [5, 5.41) is 5.78. The SMILES string of the molecule is Fc1ccccc1OC1CCN(CCn2cc3ccccc3n2)CC1. The van der Waals surface area contributed by atoms with E-state index in [1.54, 1.807) is 12.1 Å². The van der Waals surface area contributed by atoms with E-state index in [2.05, 4.69) is 22.3 Å². The highest BCUT2D eigenvalue weighted by atomic mass is 19.1. The fourth-order valence-corrected chi connectivity index (χ4v) is 3.34. The van der Waals surface area contributed by atoms with E-state index in [4.69, 9.17) is 4.74 Å². The minimum Gasteiger partial charge on any atom is -0.487 e. The van der Waals surface area contributed by atoms with E-state index >= 15 is 0 Å². The fourth-order valence-electron chi connectivity index (χ4n) is 3.34. The van der Waals surface area contributed by atoms with Gasteiger partial charge in [-0.15, -0.1) is 0 Å². The number of hydrogen-bond acceptors (Lipinski definition) is 3. The maximum absolute atomic E-state index is 13.7. The predicted octanol–water partition coefficient (Wildman–Crippen LogP) is 3.72. The summed E-state index contributed by atoms with van der Waals surface area (Å²) in [6.07, 6.45) is 4.05. The molecule has 1 aliphatic heterocycles. The first-order valence-corrected chi connectivity index (χ1v) is 8.84. The van der Waals surface area contributed by atoms with Crippen molar-refractivity contribution in [1.29, 1.82) is 0 Å². The van der Waals surface area contributed by atoms with Crippen LogP contribution in [0, 0.1) is 5.82 Å². The predicted molar refractivity (Wildman–Crippen MR) is 96.2 cm³/mol. The monoisotopic (exact) mass is 339 g/mol. The van der Waals surface area contributed by atoms with Gasteiger partial charge in [0.15, 0.2) is 11.6 Å². The first-order chi connectivity index (χ1) is 12.3. The van der Waals surface area contributed by atoms with E-state index in [9.17, 15) is 4.39 Å². The van der Waals surface area contributed by atoms with Crippen molar-refractivity contribution in [2.45, 2.75) is 25.5 Å². The molecule has 0 N–H and O–H groups in total. The van der Waals surface area contributed by atoms with Crippen molar-refractivity contribution in [2.75, 3.05) is 19.6 Å². The summed E-state index contributed by atoms with van der Waals surface area (Å²) in [7, 11) is 0. The molecule has 4 rings (SSSR count). The van der Waals surface area contributed by atoms with Crippen LogP contribution in [0.15, 0.2) is 54.7 Å².